The first-order valence-corrected chi connectivity index (χ1v) is 7.08. The molecule has 3 heteroatoms. The lowest BCUT2D eigenvalue weighted by atomic mass is 9.88. The molecule has 3 nitrogen and oxygen atoms in total. The van der Waals surface area contributed by atoms with E-state index in [2.05, 4.69) is 26.1 Å². The molecule has 0 spiro atoms. The van der Waals surface area contributed by atoms with Gasteiger partial charge in [0.25, 0.3) is 0 Å². The van der Waals surface area contributed by atoms with Crippen molar-refractivity contribution in [2.24, 2.45) is 11.3 Å². The first kappa shape index (κ1) is 12.9. The van der Waals surface area contributed by atoms with Crippen LogP contribution >= 0.6 is 0 Å². The van der Waals surface area contributed by atoms with Gasteiger partial charge in [-0.3, -0.25) is 10.1 Å². The van der Waals surface area contributed by atoms with Gasteiger partial charge in [0.2, 0.25) is 5.91 Å². The van der Waals surface area contributed by atoms with Crippen LogP contribution in [0.4, 0.5) is 0 Å². The maximum atomic E-state index is 12.3. The largest absolute Gasteiger partial charge is 0.328 e. The Bertz CT molecular complexity index is 284. The summed E-state index contributed by atoms with van der Waals surface area (Å²) in [4.78, 5) is 14.3. The predicted octanol–water partition coefficient (Wildman–Crippen LogP) is 2.37. The Kier molecular flexibility index (Phi) is 3.76. The second kappa shape index (κ2) is 4.97. The lowest BCUT2D eigenvalue weighted by Gasteiger charge is -2.29. The average Bonchev–Trinajstić information content (AvgIpc) is 2.87. The van der Waals surface area contributed by atoms with Crippen LogP contribution in [0.15, 0.2) is 0 Å². The molecule has 0 bridgehead atoms. The Morgan fingerprint density at radius 1 is 1.47 bits per heavy atom. The molecule has 2 unspecified atom stereocenters. The summed E-state index contributed by atoms with van der Waals surface area (Å²) in [6.45, 7) is 8.36. The highest BCUT2D eigenvalue weighted by Crippen LogP contribution is 2.38. The molecule has 1 saturated heterocycles. The van der Waals surface area contributed by atoms with Crippen molar-refractivity contribution in [1.29, 1.82) is 0 Å². The van der Waals surface area contributed by atoms with Gasteiger partial charge < -0.3 is 4.90 Å². The lowest BCUT2D eigenvalue weighted by molar-refractivity contribution is -0.131. The predicted molar refractivity (Wildman–Crippen MR) is 69.5 cm³/mol. The summed E-state index contributed by atoms with van der Waals surface area (Å²) < 4.78 is 0. The van der Waals surface area contributed by atoms with Crippen molar-refractivity contribution in [1.82, 2.24) is 10.2 Å². The number of nitrogens with one attached hydrogen (secondary N) is 1. The van der Waals surface area contributed by atoms with E-state index in [4.69, 9.17) is 0 Å². The highest BCUT2D eigenvalue weighted by Gasteiger charge is 2.38. The van der Waals surface area contributed by atoms with E-state index in [1.54, 1.807) is 0 Å². The Balaban J connectivity index is 1.93. The number of rotatable bonds is 4. The second-order valence-corrected chi connectivity index (χ2v) is 6.28. The number of hydrogen-bond acceptors (Lipinski definition) is 2. The number of nitrogens with zero attached hydrogens (tertiary/aromatic N) is 1. The molecule has 2 fully saturated rings. The van der Waals surface area contributed by atoms with Crippen LogP contribution in [0.5, 0.6) is 0 Å². The molecule has 1 heterocycles. The molecule has 1 aliphatic carbocycles. The van der Waals surface area contributed by atoms with E-state index in [0.29, 0.717) is 17.2 Å². The summed E-state index contributed by atoms with van der Waals surface area (Å²) in [5.74, 6) is 0.774. The SMILES string of the molecule is CCC(C)C1NCN(CC2(C)CCCC2)C1=O. The van der Waals surface area contributed by atoms with Crippen molar-refractivity contribution < 1.29 is 4.79 Å². The highest BCUT2D eigenvalue weighted by atomic mass is 16.2. The van der Waals surface area contributed by atoms with Crippen molar-refractivity contribution in [3.05, 3.63) is 0 Å². The van der Waals surface area contributed by atoms with E-state index in [1.807, 2.05) is 4.90 Å². The van der Waals surface area contributed by atoms with Crippen LogP contribution in [-0.4, -0.2) is 30.1 Å². The standard InChI is InChI=1S/C14H26N2O/c1-4-11(2)12-13(17)16(10-15-12)9-14(3)7-5-6-8-14/h11-12,15H,4-10H2,1-3H3. The van der Waals surface area contributed by atoms with Gasteiger partial charge in [-0.15, -0.1) is 0 Å². The van der Waals surface area contributed by atoms with E-state index in [1.165, 1.54) is 25.7 Å². The van der Waals surface area contributed by atoms with Crippen LogP contribution in [0.3, 0.4) is 0 Å². The third-order valence-corrected chi connectivity index (χ3v) is 4.68. The fraction of sp³-hybridized carbons (Fsp3) is 0.929. The minimum absolute atomic E-state index is 0.0602. The molecule has 2 aliphatic rings. The molecule has 1 N–H and O–H groups in total. The maximum absolute atomic E-state index is 12.3. The first-order chi connectivity index (χ1) is 8.06. The molecular weight excluding hydrogens is 212 g/mol. The first-order valence-electron chi connectivity index (χ1n) is 7.08. The van der Waals surface area contributed by atoms with Crippen molar-refractivity contribution in [3.8, 4) is 0 Å². The van der Waals surface area contributed by atoms with Crippen LogP contribution in [-0.2, 0) is 4.79 Å². The summed E-state index contributed by atoms with van der Waals surface area (Å²) in [7, 11) is 0. The van der Waals surface area contributed by atoms with Crippen molar-refractivity contribution >= 4 is 5.91 Å². The Hall–Kier alpha value is -0.570. The van der Waals surface area contributed by atoms with Gasteiger partial charge in [0, 0.05) is 6.54 Å². The Labute approximate surface area is 105 Å². The van der Waals surface area contributed by atoms with Gasteiger partial charge >= 0.3 is 0 Å². The zero-order valence-corrected chi connectivity index (χ0v) is 11.5. The lowest BCUT2D eigenvalue weighted by Crippen LogP contribution is -2.39. The Morgan fingerprint density at radius 2 is 2.12 bits per heavy atom. The molecule has 2 atom stereocenters. The van der Waals surface area contributed by atoms with Crippen molar-refractivity contribution in [2.45, 2.75) is 58.9 Å². The van der Waals surface area contributed by atoms with Crippen LogP contribution in [0, 0.1) is 11.3 Å². The third-order valence-electron chi connectivity index (χ3n) is 4.68. The topological polar surface area (TPSA) is 32.3 Å². The highest BCUT2D eigenvalue weighted by molar-refractivity contribution is 5.84. The van der Waals surface area contributed by atoms with Crippen LogP contribution < -0.4 is 5.32 Å². The second-order valence-electron chi connectivity index (χ2n) is 6.28. The van der Waals surface area contributed by atoms with Crippen LogP contribution in [0.2, 0.25) is 0 Å². The zero-order valence-electron chi connectivity index (χ0n) is 11.5. The number of carbonyl (C=O) groups is 1. The molecule has 17 heavy (non-hydrogen) atoms. The van der Waals surface area contributed by atoms with E-state index < -0.39 is 0 Å². The molecule has 98 valence electrons. The van der Waals surface area contributed by atoms with Gasteiger partial charge in [-0.1, -0.05) is 40.0 Å². The van der Waals surface area contributed by atoms with E-state index in [0.717, 1.165) is 19.6 Å². The molecule has 0 aromatic rings. The van der Waals surface area contributed by atoms with Crippen LogP contribution in [0.25, 0.3) is 0 Å². The van der Waals surface area contributed by atoms with Gasteiger partial charge in [0.05, 0.1) is 12.7 Å². The molecule has 0 aromatic heterocycles. The monoisotopic (exact) mass is 238 g/mol. The van der Waals surface area contributed by atoms with Gasteiger partial charge in [0.1, 0.15) is 0 Å². The molecule has 1 aliphatic heterocycles. The minimum atomic E-state index is 0.0602. The third kappa shape index (κ3) is 2.65. The summed E-state index contributed by atoms with van der Waals surface area (Å²) in [6, 6.07) is 0.0602. The molecule has 1 amide bonds. The van der Waals surface area contributed by atoms with E-state index >= 15 is 0 Å². The summed E-state index contributed by atoms with van der Waals surface area (Å²) >= 11 is 0. The molecule has 0 aromatic carbocycles. The van der Waals surface area contributed by atoms with Gasteiger partial charge in [-0.25, -0.2) is 0 Å². The summed E-state index contributed by atoms with van der Waals surface area (Å²) in [5.41, 5.74) is 0.377. The maximum Gasteiger partial charge on any atom is 0.241 e. The number of hydrogen-bond donors (Lipinski definition) is 1. The molecule has 1 saturated carbocycles. The quantitative estimate of drug-likeness (QED) is 0.815. The van der Waals surface area contributed by atoms with E-state index in [9.17, 15) is 4.79 Å². The fourth-order valence-corrected chi connectivity index (χ4v) is 3.23. The van der Waals surface area contributed by atoms with Gasteiger partial charge in [-0.2, -0.15) is 0 Å². The Morgan fingerprint density at radius 3 is 2.71 bits per heavy atom. The van der Waals surface area contributed by atoms with Crippen molar-refractivity contribution in [3.63, 3.8) is 0 Å². The summed E-state index contributed by atoms with van der Waals surface area (Å²) in [5, 5.41) is 3.37. The fourth-order valence-electron chi connectivity index (χ4n) is 3.23. The molecule has 0 radical (unpaired) electrons. The van der Waals surface area contributed by atoms with Crippen molar-refractivity contribution in [2.75, 3.05) is 13.2 Å². The zero-order chi connectivity index (χ0) is 12.5. The van der Waals surface area contributed by atoms with Gasteiger partial charge in [0.15, 0.2) is 0 Å². The summed E-state index contributed by atoms with van der Waals surface area (Å²) in [6.07, 6.45) is 6.30. The average molecular weight is 238 g/mol. The number of amides is 1. The molecule has 2 rings (SSSR count). The normalized spacial score (nSPS) is 29.9. The number of carbonyl (C=O) groups excluding carboxylic acids is 1. The van der Waals surface area contributed by atoms with Crippen LogP contribution in [0.1, 0.15) is 52.9 Å². The molecular formula is C14H26N2O. The smallest absolute Gasteiger partial charge is 0.241 e. The minimum Gasteiger partial charge on any atom is -0.328 e. The van der Waals surface area contributed by atoms with E-state index in [-0.39, 0.29) is 6.04 Å². The van der Waals surface area contributed by atoms with Gasteiger partial charge in [-0.05, 0) is 24.2 Å².